The number of hydrogen-bond donors (Lipinski definition) is 0. The van der Waals surface area contributed by atoms with E-state index in [2.05, 4.69) is 36.8 Å². The van der Waals surface area contributed by atoms with Crippen LogP contribution in [0.3, 0.4) is 0 Å². The van der Waals surface area contributed by atoms with Crippen molar-refractivity contribution in [2.24, 2.45) is 35.5 Å². The van der Waals surface area contributed by atoms with E-state index in [0.29, 0.717) is 36.3 Å². The molecule has 1 saturated heterocycles. The molecule has 0 bridgehead atoms. The average Bonchev–Trinajstić information content (AvgIpc) is 3.38. The van der Waals surface area contributed by atoms with Crippen molar-refractivity contribution in [2.75, 3.05) is 6.61 Å². The number of allylic oxidation sites excluding steroid dienone is 3. The van der Waals surface area contributed by atoms with Gasteiger partial charge in [0.1, 0.15) is 6.61 Å². The van der Waals surface area contributed by atoms with Crippen molar-refractivity contribution in [1.82, 2.24) is 15.0 Å². The predicted octanol–water partition coefficient (Wildman–Crippen LogP) is 5.02. The Kier molecular flexibility index (Phi) is 9.64. The van der Waals surface area contributed by atoms with Gasteiger partial charge in [0.15, 0.2) is 18.1 Å². The fourth-order valence-corrected chi connectivity index (χ4v) is 6.86. The van der Waals surface area contributed by atoms with Gasteiger partial charge in [-0.1, -0.05) is 44.2 Å². The number of ether oxygens (including phenoxy) is 3. The van der Waals surface area contributed by atoms with Crippen LogP contribution in [0.1, 0.15) is 85.6 Å². The number of Topliss-reactive ketones (excluding diaryl/α,β-unsaturated/α-hetero) is 1. The molecule has 0 amide bonds. The minimum atomic E-state index is -0.731. The van der Waals surface area contributed by atoms with E-state index in [9.17, 15) is 14.4 Å². The third-order valence-electron chi connectivity index (χ3n) is 9.49. The third kappa shape index (κ3) is 6.73. The topological polar surface area (TPSA) is 110 Å². The summed E-state index contributed by atoms with van der Waals surface area (Å²) in [5, 5.41) is 8.56. The Morgan fingerprint density at radius 2 is 1.85 bits per heavy atom. The minimum absolute atomic E-state index is 0.0308. The van der Waals surface area contributed by atoms with E-state index < -0.39 is 24.4 Å². The fourth-order valence-electron chi connectivity index (χ4n) is 6.86. The normalized spacial score (nSPS) is 33.9. The second-order valence-corrected chi connectivity index (χ2v) is 12.3. The molecule has 2 heterocycles. The van der Waals surface area contributed by atoms with Crippen LogP contribution in [0.4, 0.5) is 0 Å². The zero-order chi connectivity index (χ0) is 29.1. The summed E-state index contributed by atoms with van der Waals surface area (Å²) in [6, 6.07) is 0. The minimum Gasteiger partial charge on any atom is -0.463 e. The Morgan fingerprint density at radius 1 is 1.10 bits per heavy atom. The lowest BCUT2D eigenvalue weighted by Crippen LogP contribution is -2.50. The lowest BCUT2D eigenvalue weighted by atomic mass is 9.61. The summed E-state index contributed by atoms with van der Waals surface area (Å²) in [5.74, 6) is 1.09. The largest absolute Gasteiger partial charge is 0.463 e. The number of ketones is 1. The summed E-state index contributed by atoms with van der Waals surface area (Å²) in [5.41, 5.74) is 2.81. The Bertz CT molecular complexity index is 1140. The van der Waals surface area contributed by atoms with Gasteiger partial charge in [0, 0.05) is 32.6 Å². The number of rotatable bonds is 9. The number of esters is 2. The molecule has 0 radical (unpaired) electrons. The van der Waals surface area contributed by atoms with Crippen molar-refractivity contribution >= 4 is 17.7 Å². The lowest BCUT2D eigenvalue weighted by Gasteiger charge is -2.44. The van der Waals surface area contributed by atoms with Crippen molar-refractivity contribution in [3.63, 3.8) is 0 Å². The van der Waals surface area contributed by atoms with E-state index in [1.54, 1.807) is 10.9 Å². The van der Waals surface area contributed by atoms with Crippen molar-refractivity contribution in [3.8, 4) is 0 Å². The summed E-state index contributed by atoms with van der Waals surface area (Å²) in [4.78, 5) is 36.6. The van der Waals surface area contributed by atoms with Crippen molar-refractivity contribution in [1.29, 1.82) is 0 Å². The van der Waals surface area contributed by atoms with Gasteiger partial charge >= 0.3 is 11.9 Å². The Morgan fingerprint density at radius 3 is 2.55 bits per heavy atom. The summed E-state index contributed by atoms with van der Waals surface area (Å²) >= 11 is 0. The fraction of sp³-hybridized carbons (Fsp3) is 0.710. The molecule has 0 N–H and O–H groups in total. The molecule has 1 aliphatic heterocycles. The molecule has 2 unspecified atom stereocenters. The van der Waals surface area contributed by atoms with E-state index in [1.807, 2.05) is 13.8 Å². The molecule has 9 nitrogen and oxygen atoms in total. The number of carbonyl (C=O) groups excluding carboxylic acids is 3. The van der Waals surface area contributed by atoms with Gasteiger partial charge in [0.05, 0.1) is 18.0 Å². The molecule has 0 aromatic carbocycles. The number of fused-ring (bicyclic) bond motifs is 1. The van der Waals surface area contributed by atoms with Crippen LogP contribution in [-0.2, 0) is 35.0 Å². The predicted molar refractivity (Wildman–Crippen MR) is 149 cm³/mol. The number of carbonyl (C=O) groups is 3. The van der Waals surface area contributed by atoms with Crippen LogP contribution in [0.25, 0.3) is 0 Å². The molecule has 3 aliphatic rings. The molecule has 9 heteroatoms. The van der Waals surface area contributed by atoms with Crippen LogP contribution in [0, 0.1) is 35.5 Å². The second kappa shape index (κ2) is 12.8. The summed E-state index contributed by atoms with van der Waals surface area (Å²) < 4.78 is 18.7. The lowest BCUT2D eigenvalue weighted by molar-refractivity contribution is -0.227. The highest BCUT2D eigenvalue weighted by molar-refractivity contribution is 5.95. The first-order valence-corrected chi connectivity index (χ1v) is 14.7. The standard InChI is InChI=1S/C31H45N3O6/c1-17-8-11-25-18(2)9-12-26(27(25)14-17)21(5)28(37)13-10-24-15-34(33-32-24)31-30(39-23(7)36)20(4)19(3)29(40-31)16-38-22(6)35/h14-15,18-20,25-27,29-31H,5,8-13,16H2,1-4,6-7H3/t18-,19+,20+,25+,26+,27+,29?,30+,31?/m1/s1. The van der Waals surface area contributed by atoms with E-state index in [1.165, 1.54) is 25.8 Å². The zero-order valence-electron chi connectivity index (χ0n) is 24.8. The number of hydrogen-bond acceptors (Lipinski definition) is 8. The van der Waals surface area contributed by atoms with Gasteiger partial charge in [-0.3, -0.25) is 14.4 Å². The molecule has 4 rings (SSSR count). The summed E-state index contributed by atoms with van der Waals surface area (Å²) in [6.07, 6.45) is 7.67. The highest BCUT2D eigenvalue weighted by Gasteiger charge is 2.45. The van der Waals surface area contributed by atoms with Crippen molar-refractivity contribution in [3.05, 3.63) is 35.7 Å². The Hall–Kier alpha value is -2.81. The van der Waals surface area contributed by atoms with Gasteiger partial charge in [-0.15, -0.1) is 5.10 Å². The smallest absolute Gasteiger partial charge is 0.303 e. The number of aromatic nitrogens is 3. The second-order valence-electron chi connectivity index (χ2n) is 12.3. The first-order valence-electron chi connectivity index (χ1n) is 14.7. The van der Waals surface area contributed by atoms with Gasteiger partial charge in [-0.05, 0) is 67.8 Å². The SMILES string of the molecule is C=C(C(=O)CCc1cn(C2OC(COC(C)=O)[C@@H](C)[C@H](C)[C@@H]2OC(C)=O)nn1)[C@@H]1CC[C@@H](C)[C@@H]2CCC(C)=C[C@@H]21. The van der Waals surface area contributed by atoms with E-state index >= 15 is 0 Å². The van der Waals surface area contributed by atoms with Crippen LogP contribution < -0.4 is 0 Å². The van der Waals surface area contributed by atoms with E-state index in [4.69, 9.17) is 14.2 Å². The van der Waals surface area contributed by atoms with Gasteiger partial charge in [0.25, 0.3) is 0 Å². The molecular formula is C31H45N3O6. The molecule has 0 spiro atoms. The van der Waals surface area contributed by atoms with Crippen molar-refractivity contribution in [2.45, 2.75) is 98.5 Å². The molecule has 220 valence electrons. The van der Waals surface area contributed by atoms with Gasteiger partial charge < -0.3 is 14.2 Å². The number of aryl methyl sites for hydroxylation is 1. The van der Waals surface area contributed by atoms with Gasteiger partial charge in [-0.2, -0.15) is 0 Å². The molecule has 1 aromatic rings. The number of nitrogens with zero attached hydrogens (tertiary/aromatic N) is 3. The average molecular weight is 556 g/mol. The zero-order valence-corrected chi connectivity index (χ0v) is 24.8. The molecule has 2 aliphatic carbocycles. The van der Waals surface area contributed by atoms with Crippen LogP contribution in [0.2, 0.25) is 0 Å². The van der Waals surface area contributed by atoms with E-state index in [0.717, 1.165) is 24.8 Å². The van der Waals surface area contributed by atoms with Crippen LogP contribution >= 0.6 is 0 Å². The molecule has 2 fully saturated rings. The summed E-state index contributed by atoms with van der Waals surface area (Å²) in [7, 11) is 0. The summed E-state index contributed by atoms with van der Waals surface area (Å²) in [6.45, 7) is 15.6. The highest BCUT2D eigenvalue weighted by Crippen LogP contribution is 2.48. The molecular weight excluding hydrogens is 510 g/mol. The van der Waals surface area contributed by atoms with Gasteiger partial charge in [0.2, 0.25) is 0 Å². The monoisotopic (exact) mass is 555 g/mol. The molecule has 1 aromatic heterocycles. The third-order valence-corrected chi connectivity index (χ3v) is 9.49. The highest BCUT2D eigenvalue weighted by atomic mass is 16.6. The maximum absolute atomic E-state index is 13.3. The molecule has 9 atom stereocenters. The maximum atomic E-state index is 13.3. The Labute approximate surface area is 237 Å². The van der Waals surface area contributed by atoms with E-state index in [-0.39, 0.29) is 36.1 Å². The Balaban J connectivity index is 1.42. The van der Waals surface area contributed by atoms with Crippen LogP contribution in [0.15, 0.2) is 30.0 Å². The first kappa shape index (κ1) is 30.2. The van der Waals surface area contributed by atoms with Crippen molar-refractivity contribution < 1.29 is 28.6 Å². The van der Waals surface area contributed by atoms with Crippen LogP contribution in [0.5, 0.6) is 0 Å². The van der Waals surface area contributed by atoms with Crippen LogP contribution in [-0.4, -0.2) is 51.5 Å². The molecule has 40 heavy (non-hydrogen) atoms. The maximum Gasteiger partial charge on any atom is 0.303 e. The first-order chi connectivity index (χ1) is 19.0. The molecule has 1 saturated carbocycles. The van der Waals surface area contributed by atoms with Gasteiger partial charge in [-0.25, -0.2) is 4.68 Å². The quantitative estimate of drug-likeness (QED) is 0.237.